The van der Waals surface area contributed by atoms with Crippen LogP contribution in [0.4, 0.5) is 0 Å². The maximum absolute atomic E-state index is 11.9. The third kappa shape index (κ3) is 8.13. The lowest BCUT2D eigenvalue weighted by Gasteiger charge is -2.36. The first-order chi connectivity index (χ1) is 10.7. The van der Waals surface area contributed by atoms with Gasteiger partial charge in [-0.05, 0) is 43.1 Å². The van der Waals surface area contributed by atoms with E-state index in [1.807, 2.05) is 18.2 Å². The Hall–Kier alpha value is -0.653. The topological polar surface area (TPSA) is 39.2 Å². The van der Waals surface area contributed by atoms with Crippen LogP contribution in [-0.4, -0.2) is 25.0 Å². The Morgan fingerprint density at radius 1 is 1.22 bits per heavy atom. The first-order valence-corrected chi connectivity index (χ1v) is 12.3. The average molecular weight is 354 g/mol. The van der Waals surface area contributed by atoms with Gasteiger partial charge >= 0.3 is 0 Å². The minimum absolute atomic E-state index is 0.265. The molecule has 1 heterocycles. The zero-order chi connectivity index (χ0) is 17.3. The van der Waals surface area contributed by atoms with E-state index in [-0.39, 0.29) is 10.2 Å². The van der Waals surface area contributed by atoms with Gasteiger partial charge in [-0.1, -0.05) is 45.0 Å². The van der Waals surface area contributed by atoms with Gasteiger partial charge in [0.2, 0.25) is 0 Å². The molecule has 0 aromatic carbocycles. The number of rotatable bonds is 9. The molecule has 0 N–H and O–H groups in total. The standard InChI is InChI=1S/C18H31NO2SSi/c1-18(2,3)23(4,5)21-14-10-6-7-12-17(20)22-15-16-11-8-9-13-19-16/h8-9,11,13H,6-7,10,12,14-15H2,1-5H3. The SMILES string of the molecule is CC(C)(C)[Si](C)(C)OCCCCCC(=O)SCc1ccccn1. The molecule has 5 heteroatoms. The number of hydrogen-bond acceptors (Lipinski definition) is 4. The van der Waals surface area contributed by atoms with Crippen molar-refractivity contribution in [2.45, 2.75) is 70.3 Å². The fraction of sp³-hybridized carbons (Fsp3) is 0.667. The summed E-state index contributed by atoms with van der Waals surface area (Å²) in [6, 6.07) is 5.80. The smallest absolute Gasteiger partial charge is 0.191 e. The first-order valence-electron chi connectivity index (χ1n) is 8.42. The molecule has 0 aliphatic heterocycles. The van der Waals surface area contributed by atoms with Gasteiger partial charge in [-0.25, -0.2) is 0 Å². The molecular formula is C18H31NO2SSi. The number of nitrogens with zero attached hydrogens (tertiary/aromatic N) is 1. The minimum atomic E-state index is -1.62. The summed E-state index contributed by atoms with van der Waals surface area (Å²) in [6.07, 6.45) is 5.48. The quantitative estimate of drug-likeness (QED) is 0.439. The average Bonchev–Trinajstić information content (AvgIpc) is 2.48. The normalized spacial score (nSPS) is 12.4. The summed E-state index contributed by atoms with van der Waals surface area (Å²) >= 11 is 1.38. The first kappa shape index (κ1) is 20.4. The van der Waals surface area contributed by atoms with E-state index < -0.39 is 8.32 Å². The minimum Gasteiger partial charge on any atom is -0.417 e. The van der Waals surface area contributed by atoms with Crippen molar-refractivity contribution in [1.29, 1.82) is 0 Å². The Balaban J connectivity index is 2.08. The molecule has 130 valence electrons. The van der Waals surface area contributed by atoms with Gasteiger partial charge in [-0.3, -0.25) is 9.78 Å². The maximum Gasteiger partial charge on any atom is 0.191 e. The lowest BCUT2D eigenvalue weighted by atomic mass is 10.2. The van der Waals surface area contributed by atoms with E-state index in [2.05, 4.69) is 38.8 Å². The fourth-order valence-corrected chi connectivity index (χ4v) is 3.66. The van der Waals surface area contributed by atoms with Crippen LogP contribution in [0, 0.1) is 0 Å². The molecule has 0 saturated heterocycles. The predicted molar refractivity (Wildman–Crippen MR) is 102 cm³/mol. The maximum atomic E-state index is 11.9. The molecule has 1 rings (SSSR count). The number of pyridine rings is 1. The summed E-state index contributed by atoms with van der Waals surface area (Å²) in [7, 11) is -1.62. The molecule has 0 amide bonds. The summed E-state index contributed by atoms with van der Waals surface area (Å²) in [4.78, 5) is 16.1. The summed E-state index contributed by atoms with van der Waals surface area (Å²) in [5, 5.41) is 0.534. The molecule has 0 fully saturated rings. The lowest BCUT2D eigenvalue weighted by molar-refractivity contribution is -0.111. The van der Waals surface area contributed by atoms with Gasteiger partial charge in [0.25, 0.3) is 0 Å². The molecular weight excluding hydrogens is 322 g/mol. The van der Waals surface area contributed by atoms with Crippen molar-refractivity contribution < 1.29 is 9.22 Å². The molecule has 3 nitrogen and oxygen atoms in total. The summed E-state index contributed by atoms with van der Waals surface area (Å²) in [5.74, 6) is 0.675. The van der Waals surface area contributed by atoms with Crippen molar-refractivity contribution in [3.05, 3.63) is 30.1 Å². The Morgan fingerprint density at radius 2 is 1.96 bits per heavy atom. The van der Waals surface area contributed by atoms with E-state index in [1.165, 1.54) is 11.8 Å². The van der Waals surface area contributed by atoms with E-state index >= 15 is 0 Å². The lowest BCUT2D eigenvalue weighted by Crippen LogP contribution is -2.40. The van der Waals surface area contributed by atoms with Crippen molar-refractivity contribution in [3.63, 3.8) is 0 Å². The van der Waals surface area contributed by atoms with E-state index in [1.54, 1.807) is 6.20 Å². The van der Waals surface area contributed by atoms with Crippen LogP contribution < -0.4 is 0 Å². The van der Waals surface area contributed by atoms with E-state index in [0.29, 0.717) is 12.2 Å². The van der Waals surface area contributed by atoms with Crippen LogP contribution >= 0.6 is 11.8 Å². The highest BCUT2D eigenvalue weighted by Crippen LogP contribution is 2.36. The largest absolute Gasteiger partial charge is 0.417 e. The van der Waals surface area contributed by atoms with Gasteiger partial charge in [0.05, 0.1) is 5.69 Å². The number of carbonyl (C=O) groups is 1. The Labute approximate surface area is 146 Å². The van der Waals surface area contributed by atoms with Crippen LogP contribution in [-0.2, 0) is 15.0 Å². The highest BCUT2D eigenvalue weighted by molar-refractivity contribution is 8.12. The van der Waals surface area contributed by atoms with Crippen molar-refractivity contribution in [2.24, 2.45) is 0 Å². The van der Waals surface area contributed by atoms with Crippen LogP contribution in [0.2, 0.25) is 18.1 Å². The molecule has 0 aliphatic carbocycles. The van der Waals surface area contributed by atoms with Gasteiger partial charge in [0.15, 0.2) is 13.4 Å². The molecule has 1 aromatic rings. The van der Waals surface area contributed by atoms with Gasteiger partial charge < -0.3 is 4.43 Å². The third-order valence-corrected chi connectivity index (χ3v) is 9.91. The Kier molecular flexibility index (Phi) is 8.51. The number of carbonyl (C=O) groups excluding carboxylic acids is 1. The van der Waals surface area contributed by atoms with Crippen LogP contribution in [0.1, 0.15) is 52.1 Å². The molecule has 0 saturated carbocycles. The van der Waals surface area contributed by atoms with Crippen LogP contribution in [0.5, 0.6) is 0 Å². The second-order valence-electron chi connectivity index (χ2n) is 7.40. The predicted octanol–water partition coefficient (Wildman–Crippen LogP) is 5.42. The number of hydrogen-bond donors (Lipinski definition) is 0. The van der Waals surface area contributed by atoms with Crippen molar-refractivity contribution in [2.75, 3.05) is 6.61 Å². The third-order valence-electron chi connectivity index (χ3n) is 4.40. The highest BCUT2D eigenvalue weighted by atomic mass is 32.2. The number of aromatic nitrogens is 1. The second kappa shape index (κ2) is 9.60. The summed E-state index contributed by atoms with van der Waals surface area (Å²) < 4.78 is 6.15. The molecule has 0 aliphatic rings. The molecule has 0 bridgehead atoms. The zero-order valence-electron chi connectivity index (χ0n) is 15.2. The molecule has 1 aromatic heterocycles. The molecule has 23 heavy (non-hydrogen) atoms. The Bertz CT molecular complexity index is 472. The molecule has 0 spiro atoms. The zero-order valence-corrected chi connectivity index (χ0v) is 17.0. The van der Waals surface area contributed by atoms with Crippen LogP contribution in [0.25, 0.3) is 0 Å². The van der Waals surface area contributed by atoms with E-state index in [9.17, 15) is 4.79 Å². The van der Waals surface area contributed by atoms with Gasteiger partial charge in [-0.15, -0.1) is 0 Å². The summed E-state index contributed by atoms with van der Waals surface area (Å²) in [5.41, 5.74) is 0.966. The van der Waals surface area contributed by atoms with E-state index in [4.69, 9.17) is 4.43 Å². The number of thioether (sulfide) groups is 1. The second-order valence-corrected chi connectivity index (χ2v) is 13.2. The summed E-state index contributed by atoms with van der Waals surface area (Å²) in [6.45, 7) is 12.2. The number of unbranched alkanes of at least 4 members (excludes halogenated alkanes) is 2. The highest BCUT2D eigenvalue weighted by Gasteiger charge is 2.36. The van der Waals surface area contributed by atoms with Crippen molar-refractivity contribution in [3.8, 4) is 0 Å². The monoisotopic (exact) mass is 353 g/mol. The Morgan fingerprint density at radius 3 is 2.57 bits per heavy atom. The van der Waals surface area contributed by atoms with Gasteiger partial charge in [0, 0.05) is 25.0 Å². The van der Waals surface area contributed by atoms with Crippen LogP contribution in [0.3, 0.4) is 0 Å². The molecule has 0 radical (unpaired) electrons. The van der Waals surface area contributed by atoms with Crippen molar-refractivity contribution >= 4 is 25.2 Å². The fourth-order valence-electron chi connectivity index (χ4n) is 1.80. The van der Waals surface area contributed by atoms with Crippen LogP contribution in [0.15, 0.2) is 24.4 Å². The van der Waals surface area contributed by atoms with Crippen molar-refractivity contribution in [1.82, 2.24) is 4.98 Å². The van der Waals surface area contributed by atoms with Gasteiger partial charge in [-0.2, -0.15) is 0 Å². The van der Waals surface area contributed by atoms with E-state index in [0.717, 1.165) is 31.6 Å². The molecule has 0 atom stereocenters. The van der Waals surface area contributed by atoms with Gasteiger partial charge in [0.1, 0.15) is 0 Å². The molecule has 0 unspecified atom stereocenters.